The Balaban J connectivity index is 4.36. The van der Waals surface area contributed by atoms with Gasteiger partial charge in [0.15, 0.2) is 0 Å². The van der Waals surface area contributed by atoms with Crippen LogP contribution in [0.4, 0.5) is 4.79 Å². The molecule has 0 aromatic heterocycles. The van der Waals surface area contributed by atoms with E-state index in [1.807, 2.05) is 34.7 Å². The zero-order valence-electron chi connectivity index (χ0n) is 11.5. The predicted octanol–water partition coefficient (Wildman–Crippen LogP) is 2.14. The maximum absolute atomic E-state index is 11.6. The normalized spacial score (nSPS) is 15.8. The first-order valence-corrected chi connectivity index (χ1v) is 5.84. The standard InChI is InChI=1S/C12H26N2O2/c1-8(2)10(9(3)13-7)14-11(15)16-12(4,5)6/h8-10,13H,1-7H3,(H,14,15)/t9-,10-/m1/s1. The Morgan fingerprint density at radius 2 is 1.69 bits per heavy atom. The third kappa shape index (κ3) is 5.95. The quantitative estimate of drug-likeness (QED) is 0.778. The number of ether oxygens (including phenoxy) is 1. The van der Waals surface area contributed by atoms with Crippen LogP contribution < -0.4 is 10.6 Å². The van der Waals surface area contributed by atoms with Crippen molar-refractivity contribution < 1.29 is 9.53 Å². The van der Waals surface area contributed by atoms with E-state index in [4.69, 9.17) is 4.74 Å². The van der Waals surface area contributed by atoms with Crippen molar-refractivity contribution in [2.45, 2.75) is 59.2 Å². The van der Waals surface area contributed by atoms with E-state index in [2.05, 4.69) is 24.5 Å². The molecule has 0 aliphatic heterocycles. The summed E-state index contributed by atoms with van der Waals surface area (Å²) in [6.45, 7) is 11.8. The highest BCUT2D eigenvalue weighted by atomic mass is 16.6. The fourth-order valence-corrected chi connectivity index (χ4v) is 1.49. The van der Waals surface area contributed by atoms with Gasteiger partial charge in [0.2, 0.25) is 0 Å². The average Bonchev–Trinajstić information content (AvgIpc) is 2.09. The van der Waals surface area contributed by atoms with E-state index in [-0.39, 0.29) is 18.2 Å². The van der Waals surface area contributed by atoms with Crippen LogP contribution in [0.3, 0.4) is 0 Å². The summed E-state index contributed by atoms with van der Waals surface area (Å²) in [5, 5.41) is 6.04. The van der Waals surface area contributed by atoms with Gasteiger partial charge in [-0.15, -0.1) is 0 Å². The van der Waals surface area contributed by atoms with Crippen molar-refractivity contribution in [2.24, 2.45) is 5.92 Å². The van der Waals surface area contributed by atoms with Crippen LogP contribution in [0.5, 0.6) is 0 Å². The largest absolute Gasteiger partial charge is 0.444 e. The summed E-state index contributed by atoms with van der Waals surface area (Å²) in [5.74, 6) is 0.356. The molecule has 96 valence electrons. The molecule has 0 spiro atoms. The van der Waals surface area contributed by atoms with Gasteiger partial charge in [-0.25, -0.2) is 4.79 Å². The highest BCUT2D eigenvalue weighted by Crippen LogP contribution is 2.10. The molecule has 0 bridgehead atoms. The summed E-state index contributed by atoms with van der Waals surface area (Å²) < 4.78 is 5.24. The van der Waals surface area contributed by atoms with Crippen LogP contribution in [0, 0.1) is 5.92 Å². The Bertz CT molecular complexity index is 222. The minimum Gasteiger partial charge on any atom is -0.444 e. The molecule has 1 amide bonds. The van der Waals surface area contributed by atoms with Crippen molar-refractivity contribution in [1.82, 2.24) is 10.6 Å². The summed E-state index contributed by atoms with van der Waals surface area (Å²) in [6.07, 6.45) is -0.353. The van der Waals surface area contributed by atoms with Gasteiger partial charge in [-0.1, -0.05) is 13.8 Å². The molecule has 0 aromatic rings. The molecule has 0 saturated carbocycles. The molecular formula is C12H26N2O2. The van der Waals surface area contributed by atoms with Crippen LogP contribution in [-0.4, -0.2) is 30.8 Å². The van der Waals surface area contributed by atoms with E-state index in [0.717, 1.165) is 0 Å². The van der Waals surface area contributed by atoms with Crippen LogP contribution in [0.2, 0.25) is 0 Å². The van der Waals surface area contributed by atoms with Crippen LogP contribution in [0.25, 0.3) is 0 Å². The number of nitrogens with one attached hydrogen (secondary N) is 2. The summed E-state index contributed by atoms with van der Waals surface area (Å²) in [7, 11) is 1.89. The summed E-state index contributed by atoms with van der Waals surface area (Å²) in [5.41, 5.74) is -0.450. The Morgan fingerprint density at radius 3 is 2.00 bits per heavy atom. The Morgan fingerprint density at radius 1 is 1.19 bits per heavy atom. The van der Waals surface area contributed by atoms with Crippen molar-refractivity contribution in [3.05, 3.63) is 0 Å². The number of carbonyl (C=O) groups is 1. The third-order valence-corrected chi connectivity index (χ3v) is 2.40. The van der Waals surface area contributed by atoms with E-state index < -0.39 is 5.60 Å². The molecule has 0 unspecified atom stereocenters. The summed E-state index contributed by atoms with van der Waals surface area (Å²) >= 11 is 0. The van der Waals surface area contributed by atoms with E-state index in [1.165, 1.54) is 0 Å². The van der Waals surface area contributed by atoms with Crippen molar-refractivity contribution in [1.29, 1.82) is 0 Å². The van der Waals surface area contributed by atoms with Crippen LogP contribution in [-0.2, 0) is 4.74 Å². The van der Waals surface area contributed by atoms with Crippen LogP contribution >= 0.6 is 0 Å². The van der Waals surface area contributed by atoms with Gasteiger partial charge in [0.1, 0.15) is 5.60 Å². The lowest BCUT2D eigenvalue weighted by molar-refractivity contribution is 0.0478. The lowest BCUT2D eigenvalue weighted by atomic mass is 9.98. The fourth-order valence-electron chi connectivity index (χ4n) is 1.49. The van der Waals surface area contributed by atoms with Crippen molar-refractivity contribution in [3.63, 3.8) is 0 Å². The number of alkyl carbamates (subject to hydrolysis) is 1. The molecule has 0 rings (SSSR count). The molecular weight excluding hydrogens is 204 g/mol. The highest BCUT2D eigenvalue weighted by Gasteiger charge is 2.24. The monoisotopic (exact) mass is 230 g/mol. The molecule has 16 heavy (non-hydrogen) atoms. The zero-order valence-corrected chi connectivity index (χ0v) is 11.5. The molecule has 0 radical (unpaired) electrons. The summed E-state index contributed by atoms with van der Waals surface area (Å²) in [4.78, 5) is 11.6. The van der Waals surface area contributed by atoms with Crippen LogP contribution in [0.15, 0.2) is 0 Å². The second-order valence-corrected chi connectivity index (χ2v) is 5.49. The first-order chi connectivity index (χ1) is 7.17. The molecule has 4 nitrogen and oxygen atoms in total. The highest BCUT2D eigenvalue weighted by molar-refractivity contribution is 5.68. The minimum absolute atomic E-state index is 0.0693. The Labute approximate surface area is 99.1 Å². The van der Waals surface area contributed by atoms with Crippen molar-refractivity contribution in [3.8, 4) is 0 Å². The third-order valence-electron chi connectivity index (χ3n) is 2.40. The van der Waals surface area contributed by atoms with Gasteiger partial charge in [-0.05, 0) is 40.7 Å². The topological polar surface area (TPSA) is 50.4 Å². The van der Waals surface area contributed by atoms with Gasteiger partial charge >= 0.3 is 6.09 Å². The smallest absolute Gasteiger partial charge is 0.407 e. The molecule has 0 aliphatic rings. The first-order valence-electron chi connectivity index (χ1n) is 5.84. The lowest BCUT2D eigenvalue weighted by Crippen LogP contribution is -2.51. The number of amides is 1. The van der Waals surface area contributed by atoms with Gasteiger partial charge in [-0.2, -0.15) is 0 Å². The summed E-state index contributed by atoms with van der Waals surface area (Å²) in [6, 6.07) is 0.285. The van der Waals surface area contributed by atoms with Gasteiger partial charge in [0.25, 0.3) is 0 Å². The van der Waals surface area contributed by atoms with E-state index in [0.29, 0.717) is 5.92 Å². The van der Waals surface area contributed by atoms with E-state index >= 15 is 0 Å². The van der Waals surface area contributed by atoms with E-state index in [1.54, 1.807) is 0 Å². The molecule has 2 atom stereocenters. The maximum Gasteiger partial charge on any atom is 0.407 e. The fraction of sp³-hybridized carbons (Fsp3) is 0.917. The van der Waals surface area contributed by atoms with Crippen molar-refractivity contribution in [2.75, 3.05) is 7.05 Å². The van der Waals surface area contributed by atoms with Gasteiger partial charge in [0, 0.05) is 12.1 Å². The lowest BCUT2D eigenvalue weighted by Gasteiger charge is -2.29. The predicted molar refractivity (Wildman–Crippen MR) is 66.5 cm³/mol. The molecule has 0 aromatic carbocycles. The number of rotatable bonds is 4. The molecule has 2 N–H and O–H groups in total. The Kier molecular flexibility index (Phi) is 5.79. The molecule has 0 fully saturated rings. The molecule has 0 heterocycles. The van der Waals surface area contributed by atoms with Crippen LogP contribution in [0.1, 0.15) is 41.5 Å². The second-order valence-electron chi connectivity index (χ2n) is 5.49. The average molecular weight is 230 g/mol. The van der Waals surface area contributed by atoms with Crippen molar-refractivity contribution >= 4 is 6.09 Å². The maximum atomic E-state index is 11.6. The number of carbonyl (C=O) groups excluding carboxylic acids is 1. The van der Waals surface area contributed by atoms with Gasteiger partial charge in [-0.3, -0.25) is 0 Å². The Hall–Kier alpha value is -0.770. The molecule has 0 saturated heterocycles. The molecule has 4 heteroatoms. The van der Waals surface area contributed by atoms with E-state index in [9.17, 15) is 4.79 Å². The minimum atomic E-state index is -0.450. The number of likely N-dealkylation sites (N-methyl/N-ethyl adjacent to an activating group) is 1. The number of hydrogen-bond donors (Lipinski definition) is 2. The van der Waals surface area contributed by atoms with Gasteiger partial charge < -0.3 is 15.4 Å². The van der Waals surface area contributed by atoms with Gasteiger partial charge in [0.05, 0.1) is 0 Å². The second kappa shape index (κ2) is 6.09. The SMILES string of the molecule is CN[C@H](C)[C@H](NC(=O)OC(C)(C)C)C(C)C. The number of hydrogen-bond acceptors (Lipinski definition) is 3. The first kappa shape index (κ1) is 15.2. The zero-order chi connectivity index (χ0) is 12.9. The molecule has 0 aliphatic carbocycles.